The minimum Gasteiger partial charge on any atom is -0.330 e. The zero-order chi connectivity index (χ0) is 18.3. The highest BCUT2D eigenvalue weighted by Gasteiger charge is 2.29. The van der Waals surface area contributed by atoms with Gasteiger partial charge in [0, 0.05) is 18.3 Å². The molecule has 1 amide bonds. The molecule has 0 N–H and O–H groups in total. The average molecular weight is 352 g/mol. The van der Waals surface area contributed by atoms with Crippen LogP contribution in [0.1, 0.15) is 52.7 Å². The highest BCUT2D eigenvalue weighted by Crippen LogP contribution is 2.32. The van der Waals surface area contributed by atoms with Crippen LogP contribution in [0.2, 0.25) is 0 Å². The van der Waals surface area contributed by atoms with Gasteiger partial charge in [-0.1, -0.05) is 12.1 Å². The highest BCUT2D eigenvalue weighted by molar-refractivity contribution is 5.93. The topological polar surface area (TPSA) is 50.5 Å². The number of amides is 1. The number of fused-ring (bicyclic) bond motifs is 1. The van der Waals surface area contributed by atoms with Crippen molar-refractivity contribution in [2.45, 2.75) is 39.2 Å². The van der Waals surface area contributed by atoms with Crippen LogP contribution in [0.5, 0.6) is 0 Å². The maximum absolute atomic E-state index is 13.3. The number of rotatable bonds is 2. The average Bonchev–Trinajstić information content (AvgIpc) is 3.03. The Morgan fingerprint density at radius 2 is 1.92 bits per heavy atom. The van der Waals surface area contributed by atoms with Crippen molar-refractivity contribution >= 4 is 11.6 Å². The van der Waals surface area contributed by atoms with Crippen LogP contribution in [-0.4, -0.2) is 31.9 Å². The van der Waals surface area contributed by atoms with Gasteiger partial charge in [-0.3, -0.25) is 4.79 Å². The molecule has 3 heterocycles. The van der Waals surface area contributed by atoms with Crippen LogP contribution in [-0.2, 0) is 0 Å². The predicted molar refractivity (Wildman–Crippen MR) is 96.5 cm³/mol. The third-order valence-corrected chi connectivity index (χ3v) is 4.96. The molecule has 1 atom stereocenters. The van der Waals surface area contributed by atoms with E-state index in [4.69, 9.17) is 0 Å². The summed E-state index contributed by atoms with van der Waals surface area (Å²) in [7, 11) is 0. The van der Waals surface area contributed by atoms with Crippen molar-refractivity contribution in [2.75, 3.05) is 6.54 Å². The number of aryl methyl sites for hydroxylation is 2. The van der Waals surface area contributed by atoms with Gasteiger partial charge in [0.05, 0.1) is 11.7 Å². The molecule has 2 aromatic heterocycles. The van der Waals surface area contributed by atoms with Crippen LogP contribution < -0.4 is 0 Å². The minimum atomic E-state index is -0.263. The van der Waals surface area contributed by atoms with E-state index >= 15 is 0 Å². The van der Waals surface area contributed by atoms with Gasteiger partial charge >= 0.3 is 0 Å². The van der Waals surface area contributed by atoms with Gasteiger partial charge in [-0.25, -0.2) is 13.9 Å². The largest absolute Gasteiger partial charge is 0.330 e. The fraction of sp³-hybridized carbons (Fsp3) is 0.350. The minimum absolute atomic E-state index is 0.0400. The highest BCUT2D eigenvalue weighted by atomic mass is 19.1. The quantitative estimate of drug-likeness (QED) is 0.704. The van der Waals surface area contributed by atoms with Crippen LogP contribution in [0.4, 0.5) is 4.39 Å². The van der Waals surface area contributed by atoms with Gasteiger partial charge in [0.2, 0.25) is 0 Å². The summed E-state index contributed by atoms with van der Waals surface area (Å²) in [4.78, 5) is 19.6. The van der Waals surface area contributed by atoms with Crippen molar-refractivity contribution in [1.29, 1.82) is 0 Å². The second-order valence-electron chi connectivity index (χ2n) is 6.90. The lowest BCUT2D eigenvalue weighted by Crippen LogP contribution is -2.39. The first-order valence-corrected chi connectivity index (χ1v) is 8.93. The Morgan fingerprint density at radius 3 is 2.69 bits per heavy atom. The number of hydrogen-bond acceptors (Lipinski definition) is 3. The van der Waals surface area contributed by atoms with E-state index in [9.17, 15) is 9.18 Å². The van der Waals surface area contributed by atoms with Crippen LogP contribution >= 0.6 is 0 Å². The van der Waals surface area contributed by atoms with E-state index in [1.54, 1.807) is 22.7 Å². The second-order valence-corrected chi connectivity index (χ2v) is 6.90. The fourth-order valence-electron chi connectivity index (χ4n) is 3.70. The van der Waals surface area contributed by atoms with E-state index in [0.717, 1.165) is 36.2 Å². The van der Waals surface area contributed by atoms with Gasteiger partial charge in [-0.2, -0.15) is 5.10 Å². The maximum atomic E-state index is 13.3. The van der Waals surface area contributed by atoms with Gasteiger partial charge < -0.3 is 4.90 Å². The zero-order valence-corrected chi connectivity index (χ0v) is 14.9. The first kappa shape index (κ1) is 16.7. The van der Waals surface area contributed by atoms with Gasteiger partial charge in [0.15, 0.2) is 5.65 Å². The fourth-order valence-corrected chi connectivity index (χ4v) is 3.70. The van der Waals surface area contributed by atoms with E-state index in [0.29, 0.717) is 17.9 Å². The lowest BCUT2D eigenvalue weighted by molar-refractivity contribution is 0.0605. The number of nitrogens with zero attached hydrogens (tertiary/aromatic N) is 4. The number of aromatic nitrogens is 3. The molecular formula is C20H21FN4O. The summed E-state index contributed by atoms with van der Waals surface area (Å²) < 4.78 is 15.0. The molecule has 1 aliphatic rings. The molecule has 134 valence electrons. The third kappa shape index (κ3) is 2.96. The van der Waals surface area contributed by atoms with Crippen molar-refractivity contribution in [3.8, 4) is 0 Å². The van der Waals surface area contributed by atoms with E-state index in [1.807, 2.05) is 24.8 Å². The Bertz CT molecular complexity index is 964. The van der Waals surface area contributed by atoms with Crippen molar-refractivity contribution in [3.63, 3.8) is 0 Å². The maximum Gasteiger partial charge on any atom is 0.273 e. The number of benzene rings is 1. The summed E-state index contributed by atoms with van der Waals surface area (Å²) in [5, 5.41) is 4.39. The van der Waals surface area contributed by atoms with Gasteiger partial charge in [-0.15, -0.1) is 0 Å². The lowest BCUT2D eigenvalue weighted by atomic mass is 9.95. The molecule has 5 nitrogen and oxygen atoms in total. The Hall–Kier alpha value is -2.76. The Balaban J connectivity index is 1.70. The van der Waals surface area contributed by atoms with Crippen molar-refractivity contribution < 1.29 is 9.18 Å². The monoisotopic (exact) mass is 352 g/mol. The summed E-state index contributed by atoms with van der Waals surface area (Å²) in [6.07, 6.45) is 2.90. The number of carbonyl (C=O) groups excluding carboxylic acids is 1. The molecule has 1 aliphatic heterocycles. The van der Waals surface area contributed by atoms with Gasteiger partial charge in [0.25, 0.3) is 5.91 Å². The molecule has 0 unspecified atom stereocenters. The molecule has 1 aromatic carbocycles. The summed E-state index contributed by atoms with van der Waals surface area (Å²) in [6.45, 7) is 4.52. The standard InChI is InChI=1S/C20H21FN4O/c1-13-11-19-22-17(12-14(2)25(19)23-13)20(26)24-10-4-3-5-18(24)15-6-8-16(21)9-7-15/h6-9,11-12,18H,3-5,10H2,1-2H3/t18-/m1/s1. The van der Waals surface area contributed by atoms with Crippen LogP contribution in [0.25, 0.3) is 5.65 Å². The van der Waals surface area contributed by atoms with Crippen molar-refractivity contribution in [1.82, 2.24) is 19.5 Å². The SMILES string of the molecule is Cc1cc2nc(C(=O)N3CCCC[C@@H]3c3ccc(F)cc3)cc(C)n2n1. The second kappa shape index (κ2) is 6.52. The summed E-state index contributed by atoms with van der Waals surface area (Å²) in [6, 6.07) is 10.1. The predicted octanol–water partition coefficient (Wildman–Crippen LogP) is 3.85. The first-order valence-electron chi connectivity index (χ1n) is 8.93. The van der Waals surface area contributed by atoms with Gasteiger partial charge in [-0.05, 0) is 56.9 Å². The third-order valence-electron chi connectivity index (χ3n) is 4.96. The smallest absolute Gasteiger partial charge is 0.273 e. The molecule has 4 rings (SSSR count). The molecule has 0 spiro atoms. The molecule has 0 aliphatic carbocycles. The number of likely N-dealkylation sites (tertiary alicyclic amines) is 1. The molecule has 0 radical (unpaired) electrons. The summed E-state index contributed by atoms with van der Waals surface area (Å²) >= 11 is 0. The summed E-state index contributed by atoms with van der Waals surface area (Å²) in [5.41, 5.74) is 3.83. The van der Waals surface area contributed by atoms with Gasteiger partial charge in [0.1, 0.15) is 11.5 Å². The van der Waals surface area contributed by atoms with Crippen molar-refractivity contribution in [2.24, 2.45) is 0 Å². The number of halogens is 1. The molecular weight excluding hydrogens is 331 g/mol. The molecule has 3 aromatic rings. The van der Waals surface area contributed by atoms with Crippen LogP contribution in [0.3, 0.4) is 0 Å². The lowest BCUT2D eigenvalue weighted by Gasteiger charge is -2.36. The molecule has 6 heteroatoms. The number of carbonyl (C=O) groups is 1. The van der Waals surface area contributed by atoms with E-state index in [-0.39, 0.29) is 17.8 Å². The molecule has 26 heavy (non-hydrogen) atoms. The summed E-state index contributed by atoms with van der Waals surface area (Å²) in [5.74, 6) is -0.343. The van der Waals surface area contributed by atoms with Crippen molar-refractivity contribution in [3.05, 3.63) is 64.9 Å². The Morgan fingerprint density at radius 1 is 1.15 bits per heavy atom. The molecule has 0 bridgehead atoms. The molecule has 1 fully saturated rings. The van der Waals surface area contributed by atoms with E-state index in [1.165, 1.54) is 12.1 Å². The van der Waals surface area contributed by atoms with E-state index in [2.05, 4.69) is 10.1 Å². The number of hydrogen-bond donors (Lipinski definition) is 0. The molecule has 0 saturated carbocycles. The Labute approximate surface area is 151 Å². The normalized spacial score (nSPS) is 17.7. The molecule has 1 saturated heterocycles. The number of piperidine rings is 1. The van der Waals surface area contributed by atoms with Crippen LogP contribution in [0, 0.1) is 19.7 Å². The van der Waals surface area contributed by atoms with E-state index < -0.39 is 0 Å². The zero-order valence-electron chi connectivity index (χ0n) is 14.9. The Kier molecular flexibility index (Phi) is 4.18. The van der Waals surface area contributed by atoms with Crippen LogP contribution in [0.15, 0.2) is 36.4 Å². The first-order chi connectivity index (χ1) is 12.5.